The Morgan fingerprint density at radius 3 is 3.00 bits per heavy atom. The summed E-state index contributed by atoms with van der Waals surface area (Å²) in [7, 11) is 1.81. The van der Waals surface area contributed by atoms with Crippen LogP contribution in [0.3, 0.4) is 0 Å². The summed E-state index contributed by atoms with van der Waals surface area (Å²) in [6, 6.07) is 0. The van der Waals surface area contributed by atoms with Crippen molar-refractivity contribution < 1.29 is 0 Å². The van der Waals surface area contributed by atoms with E-state index < -0.39 is 0 Å². The van der Waals surface area contributed by atoms with E-state index in [9.17, 15) is 0 Å². The van der Waals surface area contributed by atoms with Crippen molar-refractivity contribution in [3.63, 3.8) is 0 Å². The van der Waals surface area contributed by atoms with Crippen molar-refractivity contribution in [3.05, 3.63) is 10.2 Å². The molecule has 0 aromatic carbocycles. The highest BCUT2D eigenvalue weighted by Crippen LogP contribution is 2.17. The number of aromatic amines is 1. The number of nitrogens with zero attached hydrogens (tertiary/aromatic N) is 4. The van der Waals surface area contributed by atoms with Gasteiger partial charge in [0.15, 0.2) is 8.96 Å². The monoisotopic (exact) mass is 199 g/mol. The van der Waals surface area contributed by atoms with E-state index in [4.69, 9.17) is 12.2 Å². The van der Waals surface area contributed by atoms with Crippen LogP contribution in [-0.4, -0.2) is 25.2 Å². The third kappa shape index (κ3) is 1.28. The topological polar surface area (TPSA) is 59.4 Å². The van der Waals surface area contributed by atoms with Gasteiger partial charge in [-0.05, 0) is 12.2 Å². The van der Waals surface area contributed by atoms with E-state index in [2.05, 4.69) is 20.5 Å². The van der Waals surface area contributed by atoms with Gasteiger partial charge >= 0.3 is 0 Å². The predicted molar refractivity (Wildman–Crippen MR) is 47.3 cm³/mol. The summed E-state index contributed by atoms with van der Waals surface area (Å²) in [6.45, 7) is 0. The van der Waals surface area contributed by atoms with Gasteiger partial charge in [-0.25, -0.2) is 0 Å². The highest BCUT2D eigenvalue weighted by Gasteiger charge is 2.04. The van der Waals surface area contributed by atoms with Gasteiger partial charge in [0.05, 0.1) is 6.20 Å². The molecule has 2 rings (SSSR count). The van der Waals surface area contributed by atoms with Gasteiger partial charge in [0, 0.05) is 7.05 Å². The Morgan fingerprint density at radius 2 is 2.50 bits per heavy atom. The Bertz CT molecular complexity index is 438. The third-order valence-electron chi connectivity index (χ3n) is 1.26. The molecule has 1 N–H and O–H groups in total. The first-order valence-electron chi connectivity index (χ1n) is 3.18. The van der Waals surface area contributed by atoms with Gasteiger partial charge in [-0.2, -0.15) is 5.10 Å². The maximum Gasteiger partial charge on any atom is 0.176 e. The van der Waals surface area contributed by atoms with Crippen LogP contribution in [-0.2, 0) is 7.05 Å². The molecule has 0 saturated heterocycles. The van der Waals surface area contributed by atoms with Crippen LogP contribution in [0.1, 0.15) is 0 Å². The molecule has 62 valence electrons. The van der Waals surface area contributed by atoms with E-state index >= 15 is 0 Å². The number of hydrogen-bond acceptors (Lipinski definition) is 5. The number of nitrogens with one attached hydrogen (secondary N) is 1. The molecule has 0 aliphatic carbocycles. The van der Waals surface area contributed by atoms with Gasteiger partial charge in [0.25, 0.3) is 0 Å². The molecule has 5 nitrogen and oxygen atoms in total. The highest BCUT2D eigenvalue weighted by atomic mass is 32.1. The predicted octanol–water partition coefficient (Wildman–Crippen LogP) is 0.996. The molecule has 0 radical (unpaired) electrons. The number of aryl methyl sites for hydroxylation is 1. The second kappa shape index (κ2) is 2.76. The van der Waals surface area contributed by atoms with Crippen LogP contribution in [0.15, 0.2) is 6.20 Å². The van der Waals surface area contributed by atoms with Crippen molar-refractivity contribution in [2.75, 3.05) is 0 Å². The quantitative estimate of drug-likeness (QED) is 0.696. The molecule has 7 heteroatoms. The Morgan fingerprint density at radius 1 is 1.67 bits per heavy atom. The second-order valence-corrected chi connectivity index (χ2v) is 3.86. The van der Waals surface area contributed by atoms with Gasteiger partial charge in [-0.1, -0.05) is 16.6 Å². The summed E-state index contributed by atoms with van der Waals surface area (Å²) in [5, 5.41) is 15.1. The lowest BCUT2D eigenvalue weighted by atomic mass is 10.5. The average molecular weight is 199 g/mol. The van der Waals surface area contributed by atoms with Crippen LogP contribution >= 0.6 is 23.6 Å². The van der Waals surface area contributed by atoms with Gasteiger partial charge in [-0.3, -0.25) is 9.78 Å². The van der Waals surface area contributed by atoms with Crippen LogP contribution in [0, 0.1) is 3.95 Å². The van der Waals surface area contributed by atoms with E-state index in [1.807, 2.05) is 7.05 Å². The zero-order valence-electron chi connectivity index (χ0n) is 6.18. The van der Waals surface area contributed by atoms with Crippen LogP contribution in [0.25, 0.3) is 10.7 Å². The molecule has 2 aromatic heterocycles. The first-order chi connectivity index (χ1) is 5.75. The lowest BCUT2D eigenvalue weighted by Gasteiger charge is -1.80. The molecule has 0 bridgehead atoms. The highest BCUT2D eigenvalue weighted by molar-refractivity contribution is 7.73. The Kier molecular flexibility index (Phi) is 1.74. The normalized spacial score (nSPS) is 10.4. The van der Waals surface area contributed by atoms with Gasteiger partial charge in [-0.15, -0.1) is 5.10 Å². The molecular formula is C5H5N5S2. The number of aromatic nitrogens is 5. The zero-order valence-corrected chi connectivity index (χ0v) is 7.82. The van der Waals surface area contributed by atoms with Crippen molar-refractivity contribution in [3.8, 4) is 10.7 Å². The minimum atomic E-state index is 0.649. The molecule has 2 heterocycles. The number of hydrogen-bond donors (Lipinski definition) is 1. The molecule has 0 saturated carbocycles. The summed E-state index contributed by atoms with van der Waals surface area (Å²) in [6.07, 6.45) is 1.79. The summed E-state index contributed by atoms with van der Waals surface area (Å²) < 4.78 is 2.27. The van der Waals surface area contributed by atoms with Gasteiger partial charge in [0.2, 0.25) is 0 Å². The second-order valence-electron chi connectivity index (χ2n) is 2.20. The molecule has 12 heavy (non-hydrogen) atoms. The fourth-order valence-corrected chi connectivity index (χ4v) is 1.62. The molecule has 0 spiro atoms. The van der Waals surface area contributed by atoms with Crippen molar-refractivity contribution in [1.29, 1.82) is 0 Å². The van der Waals surface area contributed by atoms with Crippen LogP contribution in [0.5, 0.6) is 0 Å². The Balaban J connectivity index is 2.50. The molecule has 2 aromatic rings. The van der Waals surface area contributed by atoms with Crippen molar-refractivity contribution in [1.82, 2.24) is 25.2 Å². The number of rotatable bonds is 1. The summed E-state index contributed by atoms with van der Waals surface area (Å²) in [5.41, 5.74) is 0.745. The van der Waals surface area contributed by atoms with Crippen molar-refractivity contribution >= 4 is 23.6 Å². The minimum Gasteiger partial charge on any atom is -0.258 e. The standard InChI is InChI=1S/C5H5N5S2/c1-10-2-3(6-9-10)4-7-8-5(11)12-4/h2H,1H3,(H,8,11). The maximum atomic E-state index is 4.89. The van der Waals surface area contributed by atoms with Gasteiger partial charge < -0.3 is 0 Å². The van der Waals surface area contributed by atoms with E-state index in [1.54, 1.807) is 10.9 Å². The maximum absolute atomic E-state index is 4.89. The lowest BCUT2D eigenvalue weighted by Crippen LogP contribution is -1.85. The summed E-state index contributed by atoms with van der Waals surface area (Å²) in [5.74, 6) is 0. The molecular weight excluding hydrogens is 194 g/mol. The fourth-order valence-electron chi connectivity index (χ4n) is 0.785. The molecule has 0 amide bonds. The molecule has 0 unspecified atom stereocenters. The summed E-state index contributed by atoms with van der Waals surface area (Å²) in [4.78, 5) is 0. The first-order valence-corrected chi connectivity index (χ1v) is 4.40. The lowest BCUT2D eigenvalue weighted by molar-refractivity contribution is 0.715. The fraction of sp³-hybridized carbons (Fsp3) is 0.200. The first kappa shape index (κ1) is 7.56. The Labute approximate surface area is 77.1 Å². The van der Waals surface area contributed by atoms with Crippen LogP contribution in [0.4, 0.5) is 0 Å². The van der Waals surface area contributed by atoms with E-state index in [1.165, 1.54) is 11.3 Å². The summed E-state index contributed by atoms with van der Waals surface area (Å²) >= 11 is 6.27. The van der Waals surface area contributed by atoms with Crippen molar-refractivity contribution in [2.45, 2.75) is 0 Å². The SMILES string of the molecule is Cn1cc(-c2n[nH]c(=S)s2)nn1. The van der Waals surface area contributed by atoms with Crippen LogP contribution < -0.4 is 0 Å². The molecule has 0 atom stereocenters. The molecule has 0 aliphatic heterocycles. The van der Waals surface area contributed by atoms with E-state index in [0.717, 1.165) is 10.7 Å². The average Bonchev–Trinajstić information content (AvgIpc) is 2.58. The zero-order chi connectivity index (χ0) is 8.55. The Hall–Kier alpha value is -1.08. The smallest absolute Gasteiger partial charge is 0.176 e. The molecule has 0 aliphatic rings. The van der Waals surface area contributed by atoms with Gasteiger partial charge in [0.1, 0.15) is 5.69 Å². The molecule has 0 fully saturated rings. The van der Waals surface area contributed by atoms with Crippen molar-refractivity contribution in [2.24, 2.45) is 7.05 Å². The minimum absolute atomic E-state index is 0.649. The van der Waals surface area contributed by atoms with Crippen LogP contribution in [0.2, 0.25) is 0 Å². The van der Waals surface area contributed by atoms with E-state index in [0.29, 0.717) is 3.95 Å². The largest absolute Gasteiger partial charge is 0.258 e. The number of H-pyrrole nitrogens is 1. The van der Waals surface area contributed by atoms with E-state index in [-0.39, 0.29) is 0 Å². The third-order valence-corrected chi connectivity index (χ3v) is 2.37.